The summed E-state index contributed by atoms with van der Waals surface area (Å²) in [5.74, 6) is 0. The van der Waals surface area contributed by atoms with E-state index < -0.39 is 0 Å². The van der Waals surface area contributed by atoms with Gasteiger partial charge in [0.15, 0.2) is 0 Å². The lowest BCUT2D eigenvalue weighted by Crippen LogP contribution is -1.91. The van der Waals surface area contributed by atoms with Gasteiger partial charge in [-0.3, -0.25) is 0 Å². The average molecular weight is 485 g/mol. The summed E-state index contributed by atoms with van der Waals surface area (Å²) < 4.78 is 6.32. The van der Waals surface area contributed by atoms with Gasteiger partial charge in [0, 0.05) is 10.8 Å². The number of furan rings is 1. The number of hydrogen-bond acceptors (Lipinski definition) is 1. The van der Waals surface area contributed by atoms with Crippen LogP contribution in [0.25, 0.3) is 76.5 Å². The Kier molecular flexibility index (Phi) is 4.50. The van der Waals surface area contributed by atoms with E-state index in [9.17, 15) is 0 Å². The van der Waals surface area contributed by atoms with Crippen molar-refractivity contribution < 1.29 is 4.42 Å². The van der Waals surface area contributed by atoms with Crippen molar-refractivity contribution in [3.63, 3.8) is 0 Å². The number of benzene rings is 7. The van der Waals surface area contributed by atoms with Crippen LogP contribution in [0.5, 0.6) is 0 Å². The van der Waals surface area contributed by atoms with Crippen LogP contribution in [0, 0.1) is 6.92 Å². The molecule has 0 bridgehead atoms. The van der Waals surface area contributed by atoms with Crippen molar-refractivity contribution in [2.45, 2.75) is 6.92 Å². The molecule has 0 N–H and O–H groups in total. The maximum atomic E-state index is 6.32. The minimum Gasteiger partial charge on any atom is -0.456 e. The number of hydrogen-bond donors (Lipinski definition) is 0. The van der Waals surface area contributed by atoms with Gasteiger partial charge in [-0.15, -0.1) is 0 Å². The van der Waals surface area contributed by atoms with Crippen LogP contribution in [0.1, 0.15) is 5.56 Å². The smallest absolute Gasteiger partial charge is 0.136 e. The van der Waals surface area contributed by atoms with Gasteiger partial charge in [0.2, 0.25) is 0 Å². The molecule has 0 aliphatic carbocycles. The van der Waals surface area contributed by atoms with Crippen molar-refractivity contribution >= 4 is 54.3 Å². The van der Waals surface area contributed by atoms with Gasteiger partial charge in [0.1, 0.15) is 11.2 Å². The second-order valence-electron chi connectivity index (χ2n) is 10.2. The molecule has 8 aromatic rings. The van der Waals surface area contributed by atoms with Crippen LogP contribution in [0.2, 0.25) is 0 Å². The van der Waals surface area contributed by atoms with Crippen LogP contribution < -0.4 is 0 Å². The summed E-state index contributed by atoms with van der Waals surface area (Å²) in [6.45, 7) is 2.18. The second-order valence-corrected chi connectivity index (χ2v) is 10.2. The standard InChI is InChI=1S/C37H24O/c1-23-15-18-30-31(21-23)35(25-10-3-2-4-11-25)28-13-7-8-14-29(28)36(30)26-17-19-33-32(22-26)37-27-12-6-5-9-24(27)16-20-34(37)38-33/h2-22H,1H3. The summed E-state index contributed by atoms with van der Waals surface area (Å²) in [4.78, 5) is 0. The molecule has 0 radical (unpaired) electrons. The van der Waals surface area contributed by atoms with Gasteiger partial charge < -0.3 is 4.42 Å². The highest BCUT2D eigenvalue weighted by molar-refractivity contribution is 6.23. The number of rotatable bonds is 2. The average Bonchev–Trinajstić information content (AvgIpc) is 3.35. The topological polar surface area (TPSA) is 13.1 Å². The van der Waals surface area contributed by atoms with Gasteiger partial charge >= 0.3 is 0 Å². The van der Waals surface area contributed by atoms with Gasteiger partial charge in [0.25, 0.3) is 0 Å². The summed E-state index contributed by atoms with van der Waals surface area (Å²) >= 11 is 0. The molecule has 178 valence electrons. The molecule has 1 heteroatoms. The molecule has 7 aromatic carbocycles. The molecule has 0 saturated heterocycles. The van der Waals surface area contributed by atoms with Crippen LogP contribution in [0.4, 0.5) is 0 Å². The molecule has 0 fully saturated rings. The zero-order valence-corrected chi connectivity index (χ0v) is 21.0. The summed E-state index contributed by atoms with van der Waals surface area (Å²) in [7, 11) is 0. The predicted molar refractivity (Wildman–Crippen MR) is 162 cm³/mol. The molecule has 0 spiro atoms. The molecule has 1 heterocycles. The summed E-state index contributed by atoms with van der Waals surface area (Å²) in [5.41, 5.74) is 8.13. The second kappa shape index (κ2) is 8.06. The van der Waals surface area contributed by atoms with E-state index in [-0.39, 0.29) is 0 Å². The minimum absolute atomic E-state index is 0.922. The quantitative estimate of drug-likeness (QED) is 0.222. The zero-order valence-electron chi connectivity index (χ0n) is 21.0. The molecule has 0 saturated carbocycles. The largest absolute Gasteiger partial charge is 0.456 e. The van der Waals surface area contributed by atoms with Crippen LogP contribution in [-0.2, 0) is 0 Å². The van der Waals surface area contributed by atoms with E-state index >= 15 is 0 Å². The third-order valence-corrected chi connectivity index (χ3v) is 7.89. The van der Waals surface area contributed by atoms with Crippen molar-refractivity contribution in [3.05, 3.63) is 133 Å². The molecule has 0 atom stereocenters. The fraction of sp³-hybridized carbons (Fsp3) is 0.0270. The lowest BCUT2D eigenvalue weighted by Gasteiger charge is -2.18. The van der Waals surface area contributed by atoms with Crippen molar-refractivity contribution in [1.29, 1.82) is 0 Å². The van der Waals surface area contributed by atoms with Gasteiger partial charge in [-0.05, 0) is 79.7 Å². The summed E-state index contributed by atoms with van der Waals surface area (Å²) in [6, 6.07) is 46.0. The monoisotopic (exact) mass is 484 g/mol. The van der Waals surface area contributed by atoms with Crippen molar-refractivity contribution in [1.82, 2.24) is 0 Å². The highest BCUT2D eigenvalue weighted by Gasteiger charge is 2.18. The predicted octanol–water partition coefficient (Wildman–Crippen LogP) is 10.7. The molecule has 1 aromatic heterocycles. The van der Waals surface area contributed by atoms with Crippen LogP contribution in [0.15, 0.2) is 132 Å². The highest BCUT2D eigenvalue weighted by Crippen LogP contribution is 2.45. The third-order valence-electron chi connectivity index (χ3n) is 7.89. The Morgan fingerprint density at radius 2 is 1.08 bits per heavy atom. The van der Waals surface area contributed by atoms with Crippen molar-refractivity contribution in [3.8, 4) is 22.3 Å². The highest BCUT2D eigenvalue weighted by atomic mass is 16.3. The van der Waals surface area contributed by atoms with Gasteiger partial charge in [-0.25, -0.2) is 0 Å². The lowest BCUT2D eigenvalue weighted by molar-refractivity contribution is 0.669. The zero-order chi connectivity index (χ0) is 25.2. The van der Waals surface area contributed by atoms with Crippen molar-refractivity contribution in [2.75, 3.05) is 0 Å². The number of fused-ring (bicyclic) bond motifs is 7. The van der Waals surface area contributed by atoms with Gasteiger partial charge in [-0.2, -0.15) is 0 Å². The van der Waals surface area contributed by atoms with E-state index in [0.717, 1.165) is 16.6 Å². The summed E-state index contributed by atoms with van der Waals surface area (Å²) in [6.07, 6.45) is 0. The Hall–Kier alpha value is -4.88. The Bertz CT molecular complexity index is 2180. The first-order valence-electron chi connectivity index (χ1n) is 13.1. The Morgan fingerprint density at radius 3 is 1.89 bits per heavy atom. The van der Waals surface area contributed by atoms with Gasteiger partial charge in [0.05, 0.1) is 0 Å². The normalized spacial score (nSPS) is 11.8. The minimum atomic E-state index is 0.922. The van der Waals surface area contributed by atoms with E-state index in [1.807, 2.05) is 0 Å². The third kappa shape index (κ3) is 3.06. The molecule has 8 rings (SSSR count). The Balaban J connectivity index is 1.52. The first-order chi connectivity index (χ1) is 18.8. The molecular formula is C37H24O. The first kappa shape index (κ1) is 21.2. The molecule has 0 amide bonds. The lowest BCUT2D eigenvalue weighted by atomic mass is 9.85. The van der Waals surface area contributed by atoms with E-state index in [0.29, 0.717) is 0 Å². The molecule has 38 heavy (non-hydrogen) atoms. The maximum absolute atomic E-state index is 6.32. The molecule has 0 aliphatic heterocycles. The molecular weight excluding hydrogens is 460 g/mol. The van der Waals surface area contributed by atoms with E-state index in [4.69, 9.17) is 4.42 Å². The molecule has 0 unspecified atom stereocenters. The Morgan fingerprint density at radius 1 is 0.421 bits per heavy atom. The van der Waals surface area contributed by atoms with E-state index in [1.54, 1.807) is 0 Å². The fourth-order valence-corrected chi connectivity index (χ4v) is 6.22. The van der Waals surface area contributed by atoms with E-state index in [1.165, 1.54) is 65.5 Å². The molecule has 0 aliphatic rings. The SMILES string of the molecule is Cc1ccc2c(-c3ccc4oc5ccc6ccccc6c5c4c3)c3ccccc3c(-c3ccccc3)c2c1. The summed E-state index contributed by atoms with van der Waals surface area (Å²) in [5, 5.41) is 9.89. The maximum Gasteiger partial charge on any atom is 0.136 e. The van der Waals surface area contributed by atoms with Crippen LogP contribution in [-0.4, -0.2) is 0 Å². The van der Waals surface area contributed by atoms with Crippen LogP contribution >= 0.6 is 0 Å². The fourth-order valence-electron chi connectivity index (χ4n) is 6.22. The first-order valence-corrected chi connectivity index (χ1v) is 13.1. The van der Waals surface area contributed by atoms with E-state index in [2.05, 4.69) is 134 Å². The molecule has 1 nitrogen and oxygen atoms in total. The van der Waals surface area contributed by atoms with Crippen molar-refractivity contribution in [2.24, 2.45) is 0 Å². The Labute approximate surface area is 220 Å². The van der Waals surface area contributed by atoms with Gasteiger partial charge in [-0.1, -0.05) is 115 Å². The number of aryl methyl sites for hydroxylation is 1. The van der Waals surface area contributed by atoms with Crippen LogP contribution in [0.3, 0.4) is 0 Å².